The topological polar surface area (TPSA) is 85.2 Å². The van der Waals surface area contributed by atoms with Gasteiger partial charge in [-0.1, -0.05) is 26.0 Å². The van der Waals surface area contributed by atoms with Gasteiger partial charge in [0.25, 0.3) is 0 Å². The van der Waals surface area contributed by atoms with Crippen molar-refractivity contribution in [2.45, 2.75) is 32.8 Å². The van der Waals surface area contributed by atoms with Crippen molar-refractivity contribution in [1.29, 1.82) is 0 Å². The fraction of sp³-hybridized carbons (Fsp3) is 0.357. The Balaban J connectivity index is 1.69. The van der Waals surface area contributed by atoms with Crippen LogP contribution in [0.25, 0.3) is 5.57 Å². The quantitative estimate of drug-likeness (QED) is 0.564. The van der Waals surface area contributed by atoms with Crippen LogP contribution < -0.4 is 4.74 Å². The van der Waals surface area contributed by atoms with Crippen molar-refractivity contribution in [1.82, 2.24) is 0 Å². The Morgan fingerprint density at radius 3 is 2.75 bits per heavy atom. The Kier molecular flexibility index (Phi) is 4.92. The molecule has 0 unspecified atom stereocenters. The fourth-order valence-corrected chi connectivity index (χ4v) is 6.88. The maximum atomic E-state index is 15.5. The van der Waals surface area contributed by atoms with Gasteiger partial charge in [-0.25, -0.2) is 4.39 Å². The van der Waals surface area contributed by atoms with Crippen LogP contribution in [0.2, 0.25) is 0 Å². The number of ketones is 1. The third-order valence-electron chi connectivity index (χ3n) is 8.40. The Hall–Kier alpha value is -3.23. The van der Waals surface area contributed by atoms with E-state index in [9.17, 15) is 15.0 Å². The summed E-state index contributed by atoms with van der Waals surface area (Å²) in [6.45, 7) is 3.74. The van der Waals surface area contributed by atoms with E-state index >= 15 is 4.39 Å². The molecule has 0 aromatic heterocycles. The van der Waals surface area contributed by atoms with Crippen LogP contribution in [0, 0.1) is 22.6 Å². The molecule has 2 N–H and O–H groups in total. The lowest BCUT2D eigenvalue weighted by atomic mass is 9.47. The van der Waals surface area contributed by atoms with E-state index in [1.807, 2.05) is 13.8 Å². The summed E-state index contributed by atoms with van der Waals surface area (Å²) in [5, 5.41) is 21.8. The van der Waals surface area contributed by atoms with Crippen molar-refractivity contribution in [2.75, 3.05) is 13.9 Å². The number of carbonyl (C=O) groups is 1. The molecule has 4 atom stereocenters. The Labute approximate surface area is 213 Å². The molecule has 4 aliphatic carbocycles. The van der Waals surface area contributed by atoms with E-state index in [0.29, 0.717) is 51.6 Å². The van der Waals surface area contributed by atoms with Gasteiger partial charge >= 0.3 is 0 Å². The number of carbonyl (C=O) groups excluding carboxylic acids is 1. The third-order valence-corrected chi connectivity index (χ3v) is 8.72. The van der Waals surface area contributed by atoms with Gasteiger partial charge in [0, 0.05) is 40.5 Å². The van der Waals surface area contributed by atoms with Crippen molar-refractivity contribution >= 4 is 28.6 Å². The number of aliphatic hydroxyl groups is 2. The molecule has 6 rings (SSSR count). The van der Waals surface area contributed by atoms with Crippen LogP contribution in [-0.4, -0.2) is 41.1 Å². The summed E-state index contributed by atoms with van der Waals surface area (Å²) in [6, 6.07) is 4.58. The van der Waals surface area contributed by atoms with E-state index in [-0.39, 0.29) is 35.5 Å². The van der Waals surface area contributed by atoms with Crippen LogP contribution in [-0.2, 0) is 14.3 Å². The summed E-state index contributed by atoms with van der Waals surface area (Å²) in [7, 11) is 1.46. The van der Waals surface area contributed by atoms with Gasteiger partial charge in [-0.2, -0.15) is 0 Å². The van der Waals surface area contributed by atoms with Crippen molar-refractivity contribution in [3.63, 3.8) is 0 Å². The molecule has 0 saturated heterocycles. The van der Waals surface area contributed by atoms with E-state index in [1.165, 1.54) is 19.3 Å². The lowest BCUT2D eigenvalue weighted by Gasteiger charge is -2.55. The molecule has 1 aromatic rings. The van der Waals surface area contributed by atoms with E-state index in [1.54, 1.807) is 24.3 Å². The minimum atomic E-state index is -1.36. The van der Waals surface area contributed by atoms with Gasteiger partial charge in [-0.15, -0.1) is 0 Å². The molecule has 0 saturated carbocycles. The summed E-state index contributed by atoms with van der Waals surface area (Å²) < 4.78 is 32.2. The number of ether oxygens (including phenoxy) is 3. The number of fused-ring (bicyclic) bond motifs is 5. The van der Waals surface area contributed by atoms with E-state index in [0.717, 1.165) is 0 Å². The largest absolute Gasteiger partial charge is 0.501 e. The lowest BCUT2D eigenvalue weighted by Crippen LogP contribution is -2.55. The first-order valence-electron chi connectivity index (χ1n) is 11.8. The average Bonchev–Trinajstić information content (AvgIpc) is 3.42. The van der Waals surface area contributed by atoms with Crippen molar-refractivity contribution < 1.29 is 33.6 Å². The van der Waals surface area contributed by atoms with E-state index < -0.39 is 22.8 Å². The molecular weight excluding hydrogens is 483 g/mol. The second kappa shape index (κ2) is 7.63. The van der Waals surface area contributed by atoms with Crippen molar-refractivity contribution in [3.8, 4) is 5.75 Å². The molecule has 0 spiro atoms. The van der Waals surface area contributed by atoms with E-state index in [2.05, 4.69) is 0 Å². The minimum absolute atomic E-state index is 0.0516. The van der Waals surface area contributed by atoms with Crippen LogP contribution in [0.5, 0.6) is 5.75 Å². The Bertz CT molecular complexity index is 1410. The highest BCUT2D eigenvalue weighted by Crippen LogP contribution is 2.66. The molecule has 0 fully saturated rings. The first kappa shape index (κ1) is 23.2. The highest BCUT2D eigenvalue weighted by molar-refractivity contribution is 7.80. The Morgan fingerprint density at radius 2 is 2.06 bits per heavy atom. The second-order valence-corrected chi connectivity index (χ2v) is 10.6. The average molecular weight is 509 g/mol. The normalized spacial score (nSPS) is 32.4. The molecule has 1 aliphatic heterocycles. The number of benzene rings is 1. The summed E-state index contributed by atoms with van der Waals surface area (Å²) in [5.41, 5.74) is 0.688. The number of hydrogen-bond acceptors (Lipinski definition) is 6. The van der Waals surface area contributed by atoms with Gasteiger partial charge in [0.05, 0.1) is 18.6 Å². The summed E-state index contributed by atoms with van der Waals surface area (Å²) >= 11 is 5.53. The van der Waals surface area contributed by atoms with Gasteiger partial charge in [-0.05, 0) is 53.6 Å². The SMILES string of the molecule is COc1ccc(C2=C[C@@]3(C(O)=S)C(=CC(=O)C4=C[C@H](C)[C@@H](O)C[C@@]43C)C3=C2C2=C(C3)OCO2)c(F)c1. The van der Waals surface area contributed by atoms with Gasteiger partial charge in [0.1, 0.15) is 17.3 Å². The predicted octanol–water partition coefficient (Wildman–Crippen LogP) is 4.86. The first-order valence-corrected chi connectivity index (χ1v) is 12.2. The zero-order valence-corrected chi connectivity index (χ0v) is 20.9. The van der Waals surface area contributed by atoms with Gasteiger partial charge in [0.2, 0.25) is 6.79 Å². The molecule has 5 aliphatic rings. The second-order valence-electron chi connectivity index (χ2n) is 10.2. The number of aliphatic hydroxyl groups excluding tert-OH is 2. The monoisotopic (exact) mass is 508 g/mol. The molecule has 36 heavy (non-hydrogen) atoms. The smallest absolute Gasteiger partial charge is 0.230 e. The van der Waals surface area contributed by atoms with Gasteiger partial charge in [-0.3, -0.25) is 4.79 Å². The molecule has 1 heterocycles. The Morgan fingerprint density at radius 1 is 1.28 bits per heavy atom. The molecule has 0 amide bonds. The number of hydrogen-bond donors (Lipinski definition) is 2. The summed E-state index contributed by atoms with van der Waals surface area (Å²) in [6.07, 6.45) is 4.81. The highest BCUT2D eigenvalue weighted by atomic mass is 32.1. The number of allylic oxidation sites excluding steroid dienone is 4. The molecule has 6 nitrogen and oxygen atoms in total. The van der Waals surface area contributed by atoms with Gasteiger partial charge < -0.3 is 24.4 Å². The lowest BCUT2D eigenvalue weighted by molar-refractivity contribution is -0.114. The molecular formula is C28H25FO6S. The first-order chi connectivity index (χ1) is 17.1. The fourth-order valence-electron chi connectivity index (χ4n) is 6.49. The molecule has 8 heteroatoms. The zero-order chi connectivity index (χ0) is 25.6. The summed E-state index contributed by atoms with van der Waals surface area (Å²) in [4.78, 5) is 13.5. The van der Waals surface area contributed by atoms with Crippen LogP contribution in [0.3, 0.4) is 0 Å². The molecule has 0 bridgehead atoms. The predicted molar refractivity (Wildman–Crippen MR) is 133 cm³/mol. The summed E-state index contributed by atoms with van der Waals surface area (Å²) in [5.74, 6) is 0.517. The minimum Gasteiger partial charge on any atom is -0.501 e. The number of halogens is 1. The zero-order valence-electron chi connectivity index (χ0n) is 20.1. The maximum absolute atomic E-state index is 15.5. The van der Waals surface area contributed by atoms with Gasteiger partial charge in [0.15, 0.2) is 16.6 Å². The molecule has 1 aromatic carbocycles. The van der Waals surface area contributed by atoms with Crippen LogP contribution in [0.4, 0.5) is 4.39 Å². The van der Waals surface area contributed by atoms with Crippen molar-refractivity contribution in [3.05, 3.63) is 81.6 Å². The standard InChI is InChI=1S/C28H25FO6S/c1-13-6-19-21(30)9-18-16-8-23-25(35-12-34-23)24(16)17(15-5-4-14(33-3)7-20(15)29)10-28(18,26(32)36)27(19,2)11-22(13)31/h4-7,9-10,13,22,31H,8,11-12H2,1-3H3,(H,32,36)/t13-,22-,27-,28-/m0/s1. The maximum Gasteiger partial charge on any atom is 0.230 e. The van der Waals surface area contributed by atoms with Crippen molar-refractivity contribution in [2.24, 2.45) is 16.7 Å². The highest BCUT2D eigenvalue weighted by Gasteiger charge is 2.63. The van der Waals surface area contributed by atoms with Crippen LogP contribution in [0.15, 0.2) is 70.2 Å². The van der Waals surface area contributed by atoms with Crippen LogP contribution >= 0.6 is 12.2 Å². The van der Waals surface area contributed by atoms with Crippen LogP contribution in [0.1, 0.15) is 32.3 Å². The molecule has 0 radical (unpaired) electrons. The molecule has 186 valence electrons. The number of rotatable bonds is 3. The third kappa shape index (κ3) is 2.80. The number of thiocarbonyl (C=S) groups is 1. The number of methoxy groups -OCH3 is 1. The van der Waals surface area contributed by atoms with E-state index in [4.69, 9.17) is 26.4 Å².